The third-order valence-electron chi connectivity index (χ3n) is 9.99. The Morgan fingerprint density at radius 1 is 0.528 bits per heavy atom. The molecule has 0 aliphatic carbocycles. The van der Waals surface area contributed by atoms with Crippen LogP contribution in [0.15, 0.2) is 147 Å². The van der Waals surface area contributed by atoms with E-state index in [9.17, 15) is 61.5 Å². The summed E-state index contributed by atoms with van der Waals surface area (Å²) in [6.45, 7) is 2.91. The number of rotatable bonds is 10. The number of hydrogen-bond acceptors (Lipinski definition) is 18. The van der Waals surface area contributed by atoms with E-state index in [-0.39, 0.29) is 114 Å². The molecule has 0 fully saturated rings. The molecule has 2 atom stereocenters. The van der Waals surface area contributed by atoms with Gasteiger partial charge >= 0.3 is 59.1 Å². The second-order valence-corrected chi connectivity index (χ2v) is 21.7. The first-order valence-electron chi connectivity index (χ1n) is 19.1. The summed E-state index contributed by atoms with van der Waals surface area (Å²) in [5.41, 5.74) is -0.374. The zero-order valence-corrected chi connectivity index (χ0v) is 47.2. The van der Waals surface area contributed by atoms with Crippen LogP contribution in [-0.4, -0.2) is 87.2 Å². The third kappa shape index (κ3) is 12.4. The summed E-state index contributed by atoms with van der Waals surface area (Å²) in [6.07, 6.45) is 0. The van der Waals surface area contributed by atoms with Crippen LogP contribution in [-0.2, 0) is 50.1 Å². The van der Waals surface area contributed by atoms with Crippen LogP contribution >= 0.6 is 46.4 Å². The fourth-order valence-corrected chi connectivity index (χ4v) is 11.2. The van der Waals surface area contributed by atoms with Crippen molar-refractivity contribution in [1.29, 1.82) is 0 Å². The molecular weight excluding hydrogens is 1130 g/mol. The van der Waals surface area contributed by atoms with Gasteiger partial charge in [-0.25, -0.2) is 16.8 Å². The Balaban J connectivity index is 0.000000260. The number of benzene rings is 6. The molecule has 72 heavy (non-hydrogen) atoms. The number of carbonyl (C=O) groups is 2. The van der Waals surface area contributed by atoms with Gasteiger partial charge in [-0.1, -0.05) is 107 Å². The maximum absolute atomic E-state index is 13.0. The number of hydrazone groups is 2. The molecule has 2 amide bonds. The van der Waals surface area contributed by atoms with E-state index in [1.165, 1.54) is 38.1 Å². The molecule has 0 aromatic heterocycles. The Kier molecular flexibility index (Phi) is 18.5. The molecule has 2 aliphatic rings. The smallest absolute Gasteiger partial charge is 0.744 e. The zero-order chi connectivity index (χ0) is 51.4. The first-order chi connectivity index (χ1) is 32.6. The second kappa shape index (κ2) is 22.5. The van der Waals surface area contributed by atoms with Crippen molar-refractivity contribution >= 4 is 154 Å². The Hall–Kier alpha value is -3.88. The molecule has 8 rings (SSSR count). The van der Waals surface area contributed by atoms with Gasteiger partial charge in [-0.05, 0) is 61.0 Å². The molecule has 32 heteroatoms. The van der Waals surface area contributed by atoms with Crippen molar-refractivity contribution in [3.8, 4) is 0 Å². The predicted octanol–water partition coefficient (Wildman–Crippen LogP) is 2.35. The minimum Gasteiger partial charge on any atom is -0.744 e. The summed E-state index contributed by atoms with van der Waals surface area (Å²) in [4.78, 5) is 23.5. The Labute approximate surface area is 473 Å². The minimum atomic E-state index is -4.94. The molecule has 2 N–H and O–H groups in total. The van der Waals surface area contributed by atoms with Gasteiger partial charge in [0.15, 0.2) is 12.1 Å². The van der Waals surface area contributed by atoms with Crippen LogP contribution in [0.1, 0.15) is 13.8 Å². The fourth-order valence-electron chi connectivity index (χ4n) is 6.87. The largest absolute Gasteiger partial charge is 1.00 e. The third-order valence-corrected chi connectivity index (χ3v) is 15.1. The monoisotopic (exact) mass is 1160 g/mol. The van der Waals surface area contributed by atoms with Crippen LogP contribution in [0.2, 0.25) is 20.1 Å². The summed E-state index contributed by atoms with van der Waals surface area (Å²) in [7, 11) is -19.2. The molecule has 2 heterocycles. The molecule has 0 saturated carbocycles. The average Bonchev–Trinajstić information content (AvgIpc) is 3.71. The maximum atomic E-state index is 13.0. The molecule has 0 bridgehead atoms. The zero-order valence-electron chi connectivity index (χ0n) is 36.9. The van der Waals surface area contributed by atoms with Gasteiger partial charge in [0.2, 0.25) is 0 Å². The molecule has 2 unspecified atom stereocenters. The van der Waals surface area contributed by atoms with Crippen molar-refractivity contribution < 1.29 is 121 Å². The number of azo groups is 2. The van der Waals surface area contributed by atoms with E-state index in [1.54, 1.807) is 48.5 Å². The van der Waals surface area contributed by atoms with Gasteiger partial charge in [-0.3, -0.25) is 18.7 Å². The molecular formula is C40H26Cl4N8Na2O14S4. The first kappa shape index (κ1) is 59.0. The standard InChI is InChI=1S/2C20H14Cl2N4O7S2.2Na/c2*1-10-18(20(27)26(25-10)16-8-14(22)17(9-13(16)21)34(28,29)30)24-23-15-7-6-11-4-2-3-5-12(11)19(15)35(31,32)33;;/h2*2-9,18H,1H3,(H,28,29,30)(H,31,32,33);;/q;;2*+1/p-2. The van der Waals surface area contributed by atoms with E-state index in [2.05, 4.69) is 30.7 Å². The number of anilines is 2. The average molecular weight is 1160 g/mol. The van der Waals surface area contributed by atoms with Crippen LogP contribution in [0, 0.1) is 0 Å². The first-order valence-corrected chi connectivity index (χ1v) is 26.3. The van der Waals surface area contributed by atoms with Crippen molar-refractivity contribution in [3.63, 3.8) is 0 Å². The van der Waals surface area contributed by atoms with Crippen LogP contribution in [0.3, 0.4) is 0 Å². The quantitative estimate of drug-likeness (QED) is 0.113. The number of nitrogens with zero attached hydrogens (tertiary/aromatic N) is 8. The number of fused-ring (bicyclic) bond motifs is 2. The van der Waals surface area contributed by atoms with Gasteiger partial charge in [0.25, 0.3) is 32.1 Å². The summed E-state index contributed by atoms with van der Waals surface area (Å²) < 4.78 is 136. The van der Waals surface area contributed by atoms with Crippen molar-refractivity contribution in [2.24, 2.45) is 30.7 Å². The SMILES string of the molecule is CC1=NN(c2cc(Cl)c(S(=O)(=O)O)cc2Cl)C(=O)C1N=Nc1ccc2ccccc2c1S(=O)(=O)[O-].CC1=NN(c2cc(Cl)c(S(=O)(=O)O)cc2Cl)C(=O)C1N=Nc1ccc2ccccc2c1S(=O)(=O)[O-].[Na+].[Na+]. The minimum absolute atomic E-state index is 0. The maximum Gasteiger partial charge on any atom is 1.00 e. The molecule has 2 aliphatic heterocycles. The van der Waals surface area contributed by atoms with Crippen LogP contribution in [0.5, 0.6) is 0 Å². The molecule has 6 aromatic rings. The van der Waals surface area contributed by atoms with Crippen molar-refractivity contribution in [3.05, 3.63) is 117 Å². The molecule has 364 valence electrons. The molecule has 22 nitrogen and oxygen atoms in total. The summed E-state index contributed by atoms with van der Waals surface area (Å²) >= 11 is 24.0. The Morgan fingerprint density at radius 3 is 1.18 bits per heavy atom. The Morgan fingerprint density at radius 2 is 0.861 bits per heavy atom. The van der Waals surface area contributed by atoms with Gasteiger partial charge in [0.1, 0.15) is 41.4 Å². The van der Waals surface area contributed by atoms with Crippen LogP contribution < -0.4 is 69.1 Å². The summed E-state index contributed by atoms with van der Waals surface area (Å²) in [6, 6.07) is 19.6. The van der Waals surface area contributed by atoms with E-state index < -0.39 is 94.0 Å². The van der Waals surface area contributed by atoms with E-state index in [1.807, 2.05) is 0 Å². The molecule has 0 radical (unpaired) electrons. The number of halogens is 4. The van der Waals surface area contributed by atoms with E-state index in [4.69, 9.17) is 46.4 Å². The van der Waals surface area contributed by atoms with E-state index in [0.717, 1.165) is 34.3 Å². The topological polar surface area (TPSA) is 338 Å². The normalized spacial score (nSPS) is 16.5. The second-order valence-electron chi connectivity index (χ2n) is 14.6. The molecule has 6 aromatic carbocycles. The summed E-state index contributed by atoms with van der Waals surface area (Å²) in [5, 5.41) is 25.3. The van der Waals surface area contributed by atoms with Crippen LogP contribution in [0.25, 0.3) is 21.5 Å². The van der Waals surface area contributed by atoms with Crippen molar-refractivity contribution in [2.45, 2.75) is 45.5 Å². The van der Waals surface area contributed by atoms with Crippen molar-refractivity contribution in [1.82, 2.24) is 0 Å². The Bertz CT molecular complexity index is 3610. The molecule has 0 saturated heterocycles. The fraction of sp³-hybridized carbons (Fsp3) is 0.100. The van der Waals surface area contributed by atoms with E-state index >= 15 is 0 Å². The summed E-state index contributed by atoms with van der Waals surface area (Å²) in [5.74, 6) is -1.51. The predicted molar refractivity (Wildman–Crippen MR) is 254 cm³/mol. The molecule has 0 spiro atoms. The van der Waals surface area contributed by atoms with Gasteiger partial charge in [-0.2, -0.15) is 57.5 Å². The number of amides is 2. The number of carbonyl (C=O) groups excluding carboxylic acids is 2. The van der Waals surface area contributed by atoms with Gasteiger partial charge in [0.05, 0.1) is 52.7 Å². The van der Waals surface area contributed by atoms with Crippen LogP contribution in [0.4, 0.5) is 22.7 Å². The van der Waals surface area contributed by atoms with Gasteiger partial charge < -0.3 is 9.11 Å². The van der Waals surface area contributed by atoms with Gasteiger partial charge in [-0.15, -0.1) is 0 Å². The van der Waals surface area contributed by atoms with E-state index in [0.29, 0.717) is 10.8 Å². The van der Waals surface area contributed by atoms with Gasteiger partial charge in [0, 0.05) is 10.8 Å². The number of hydrogen-bond donors (Lipinski definition) is 2. The van der Waals surface area contributed by atoms with Crippen molar-refractivity contribution in [2.75, 3.05) is 10.0 Å².